The van der Waals surface area contributed by atoms with Gasteiger partial charge >= 0.3 is 0 Å². The van der Waals surface area contributed by atoms with Crippen LogP contribution in [0.15, 0.2) is 59.6 Å². The Balaban J connectivity index is 1.47. The van der Waals surface area contributed by atoms with Crippen molar-refractivity contribution in [3.63, 3.8) is 0 Å². The Bertz CT molecular complexity index is 1210. The Labute approximate surface area is 186 Å². The molecule has 0 atom stereocenters. The standard InChI is InChI=1S/C22H23ClN4O3S/c1-16-6-8-19(9-7-16)27-17(2)21(15-24-27)22(28)25-10-12-26(13-11-25)31(29,30)20-5-3-4-18(23)14-20/h3-9,14-15H,10-13H2,1-2H3. The van der Waals surface area contributed by atoms with Gasteiger partial charge in [0.1, 0.15) is 0 Å². The summed E-state index contributed by atoms with van der Waals surface area (Å²) in [6, 6.07) is 14.1. The smallest absolute Gasteiger partial charge is 0.257 e. The summed E-state index contributed by atoms with van der Waals surface area (Å²) < 4.78 is 28.9. The van der Waals surface area contributed by atoms with Crippen LogP contribution in [0, 0.1) is 13.8 Å². The molecule has 0 aliphatic carbocycles. The van der Waals surface area contributed by atoms with Crippen LogP contribution >= 0.6 is 11.6 Å². The monoisotopic (exact) mass is 458 g/mol. The first kappa shape index (κ1) is 21.5. The normalized spacial score (nSPS) is 15.3. The number of benzene rings is 2. The molecule has 1 saturated heterocycles. The van der Waals surface area contributed by atoms with E-state index < -0.39 is 10.0 Å². The molecule has 0 N–H and O–H groups in total. The van der Waals surface area contributed by atoms with Crippen LogP contribution in [0.5, 0.6) is 0 Å². The van der Waals surface area contributed by atoms with Gasteiger partial charge in [-0.05, 0) is 44.2 Å². The highest BCUT2D eigenvalue weighted by molar-refractivity contribution is 7.89. The zero-order valence-corrected chi connectivity index (χ0v) is 18.9. The number of amides is 1. The molecule has 9 heteroatoms. The van der Waals surface area contributed by atoms with Gasteiger partial charge in [-0.1, -0.05) is 35.4 Å². The number of hydrogen-bond donors (Lipinski definition) is 0. The summed E-state index contributed by atoms with van der Waals surface area (Å²) in [4.78, 5) is 14.9. The lowest BCUT2D eigenvalue weighted by Crippen LogP contribution is -2.50. The fourth-order valence-electron chi connectivity index (χ4n) is 3.64. The van der Waals surface area contributed by atoms with Crippen LogP contribution in [0.25, 0.3) is 5.69 Å². The molecular formula is C22H23ClN4O3S. The molecule has 0 bridgehead atoms. The van der Waals surface area contributed by atoms with E-state index in [1.165, 1.54) is 16.4 Å². The first-order valence-electron chi connectivity index (χ1n) is 9.94. The van der Waals surface area contributed by atoms with Crippen molar-refractivity contribution in [3.8, 4) is 5.69 Å². The van der Waals surface area contributed by atoms with Crippen LogP contribution in [-0.4, -0.2) is 59.5 Å². The number of sulfonamides is 1. The summed E-state index contributed by atoms with van der Waals surface area (Å²) in [6.07, 6.45) is 1.58. The van der Waals surface area contributed by atoms with Crippen molar-refractivity contribution in [1.29, 1.82) is 0 Å². The number of carbonyl (C=O) groups is 1. The lowest BCUT2D eigenvalue weighted by atomic mass is 10.2. The van der Waals surface area contributed by atoms with E-state index in [4.69, 9.17) is 11.6 Å². The van der Waals surface area contributed by atoms with Crippen molar-refractivity contribution in [1.82, 2.24) is 19.0 Å². The van der Waals surface area contributed by atoms with E-state index in [0.717, 1.165) is 16.9 Å². The van der Waals surface area contributed by atoms with Gasteiger partial charge in [0.15, 0.2) is 0 Å². The summed E-state index contributed by atoms with van der Waals surface area (Å²) >= 11 is 5.95. The van der Waals surface area contributed by atoms with E-state index in [9.17, 15) is 13.2 Å². The third-order valence-electron chi connectivity index (χ3n) is 5.48. The van der Waals surface area contributed by atoms with Gasteiger partial charge in [-0.3, -0.25) is 4.79 Å². The molecular weight excluding hydrogens is 436 g/mol. The third kappa shape index (κ3) is 4.23. The molecule has 7 nitrogen and oxygen atoms in total. The topological polar surface area (TPSA) is 75.5 Å². The Kier molecular flexibility index (Phi) is 5.88. The molecule has 1 fully saturated rings. The minimum atomic E-state index is -3.65. The molecule has 1 aromatic heterocycles. The molecule has 1 aliphatic heterocycles. The summed E-state index contributed by atoms with van der Waals surface area (Å²) in [5.74, 6) is -0.143. The Morgan fingerprint density at radius 3 is 2.32 bits per heavy atom. The Morgan fingerprint density at radius 1 is 1.00 bits per heavy atom. The van der Waals surface area contributed by atoms with Crippen molar-refractivity contribution in [2.45, 2.75) is 18.7 Å². The number of piperazine rings is 1. The second-order valence-electron chi connectivity index (χ2n) is 7.54. The van der Waals surface area contributed by atoms with Crippen molar-refractivity contribution in [3.05, 3.63) is 76.6 Å². The molecule has 2 aromatic carbocycles. The van der Waals surface area contributed by atoms with Gasteiger partial charge in [-0.15, -0.1) is 0 Å². The summed E-state index contributed by atoms with van der Waals surface area (Å²) in [7, 11) is -3.65. The highest BCUT2D eigenvalue weighted by Crippen LogP contribution is 2.22. The van der Waals surface area contributed by atoms with E-state index in [1.54, 1.807) is 27.9 Å². The molecule has 31 heavy (non-hydrogen) atoms. The number of rotatable bonds is 4. The summed E-state index contributed by atoms with van der Waals surface area (Å²) in [6.45, 7) is 4.96. The maximum Gasteiger partial charge on any atom is 0.257 e. The number of hydrogen-bond acceptors (Lipinski definition) is 4. The maximum atomic E-state index is 13.1. The lowest BCUT2D eigenvalue weighted by molar-refractivity contribution is 0.0697. The van der Waals surface area contributed by atoms with E-state index in [1.807, 2.05) is 38.1 Å². The van der Waals surface area contributed by atoms with Crippen molar-refractivity contribution < 1.29 is 13.2 Å². The second-order valence-corrected chi connectivity index (χ2v) is 9.92. The zero-order valence-electron chi connectivity index (χ0n) is 17.3. The van der Waals surface area contributed by atoms with Gasteiger partial charge < -0.3 is 4.90 Å². The first-order chi connectivity index (χ1) is 14.8. The SMILES string of the molecule is Cc1ccc(-n2ncc(C(=O)N3CCN(S(=O)(=O)c4cccc(Cl)c4)CC3)c2C)cc1. The number of aromatic nitrogens is 2. The number of nitrogens with zero attached hydrogens (tertiary/aromatic N) is 4. The molecule has 0 saturated carbocycles. The Hall–Kier alpha value is -2.68. The van der Waals surface area contributed by atoms with Gasteiger partial charge in [0.05, 0.1) is 28.0 Å². The predicted molar refractivity (Wildman–Crippen MR) is 119 cm³/mol. The van der Waals surface area contributed by atoms with E-state index in [2.05, 4.69) is 5.10 Å². The van der Waals surface area contributed by atoms with E-state index >= 15 is 0 Å². The molecule has 3 aromatic rings. The van der Waals surface area contributed by atoms with Crippen LogP contribution in [-0.2, 0) is 10.0 Å². The van der Waals surface area contributed by atoms with Crippen molar-refractivity contribution in [2.75, 3.05) is 26.2 Å². The van der Waals surface area contributed by atoms with Crippen molar-refractivity contribution in [2.24, 2.45) is 0 Å². The predicted octanol–water partition coefficient (Wildman–Crippen LogP) is 3.29. The van der Waals surface area contributed by atoms with Gasteiger partial charge in [0.2, 0.25) is 10.0 Å². The molecule has 1 amide bonds. The van der Waals surface area contributed by atoms with Crippen LogP contribution < -0.4 is 0 Å². The van der Waals surface area contributed by atoms with Crippen molar-refractivity contribution >= 4 is 27.5 Å². The molecule has 2 heterocycles. The number of halogens is 1. The number of aryl methyl sites for hydroxylation is 1. The van der Waals surface area contributed by atoms with E-state index in [-0.39, 0.29) is 23.9 Å². The highest BCUT2D eigenvalue weighted by atomic mass is 35.5. The summed E-state index contributed by atoms with van der Waals surface area (Å²) in [5.41, 5.74) is 3.31. The molecule has 0 radical (unpaired) electrons. The molecule has 0 spiro atoms. The first-order valence-corrected chi connectivity index (χ1v) is 11.8. The van der Waals surface area contributed by atoms with Gasteiger partial charge in [-0.2, -0.15) is 9.40 Å². The fourth-order valence-corrected chi connectivity index (χ4v) is 5.37. The Morgan fingerprint density at radius 2 is 1.68 bits per heavy atom. The minimum Gasteiger partial charge on any atom is -0.336 e. The van der Waals surface area contributed by atoms with Gasteiger partial charge in [0, 0.05) is 31.2 Å². The van der Waals surface area contributed by atoms with Crippen LogP contribution in [0.3, 0.4) is 0 Å². The highest BCUT2D eigenvalue weighted by Gasteiger charge is 2.31. The second kappa shape index (κ2) is 8.45. The fraction of sp³-hybridized carbons (Fsp3) is 0.273. The van der Waals surface area contributed by atoms with E-state index in [0.29, 0.717) is 23.7 Å². The molecule has 162 valence electrons. The largest absolute Gasteiger partial charge is 0.336 e. The van der Waals surface area contributed by atoms with Crippen LogP contribution in [0.1, 0.15) is 21.6 Å². The minimum absolute atomic E-state index is 0.143. The molecule has 4 rings (SSSR count). The molecule has 1 aliphatic rings. The number of carbonyl (C=O) groups excluding carboxylic acids is 1. The third-order valence-corrected chi connectivity index (χ3v) is 7.61. The average Bonchev–Trinajstić information content (AvgIpc) is 3.15. The van der Waals surface area contributed by atoms with Gasteiger partial charge in [-0.25, -0.2) is 13.1 Å². The van der Waals surface area contributed by atoms with Crippen LogP contribution in [0.4, 0.5) is 0 Å². The van der Waals surface area contributed by atoms with Gasteiger partial charge in [0.25, 0.3) is 5.91 Å². The molecule has 0 unspecified atom stereocenters. The lowest BCUT2D eigenvalue weighted by Gasteiger charge is -2.34. The van der Waals surface area contributed by atoms with Crippen LogP contribution in [0.2, 0.25) is 5.02 Å². The maximum absolute atomic E-state index is 13.1. The average molecular weight is 459 g/mol. The summed E-state index contributed by atoms with van der Waals surface area (Å²) in [5, 5.41) is 4.76. The zero-order chi connectivity index (χ0) is 22.2. The quantitative estimate of drug-likeness (QED) is 0.601.